The molecule has 2 aromatic rings. The summed E-state index contributed by atoms with van der Waals surface area (Å²) in [5.74, 6) is 0.362. The monoisotopic (exact) mass is 531 g/mol. The van der Waals surface area contributed by atoms with Gasteiger partial charge in [0, 0.05) is 26.1 Å². The van der Waals surface area contributed by atoms with Crippen LogP contribution in [0.15, 0.2) is 48.5 Å². The molecule has 0 bridgehead atoms. The Bertz CT molecular complexity index is 1150. The maximum absolute atomic E-state index is 13.5. The molecule has 0 saturated carbocycles. The van der Waals surface area contributed by atoms with E-state index in [1.807, 2.05) is 52.0 Å². The number of carbonyl (C=O) groups is 2. The molecule has 37 heavy (non-hydrogen) atoms. The van der Waals surface area contributed by atoms with Gasteiger partial charge in [0.1, 0.15) is 11.8 Å². The molecule has 2 rings (SSSR count). The van der Waals surface area contributed by atoms with Gasteiger partial charge in [0.15, 0.2) is 0 Å². The summed E-state index contributed by atoms with van der Waals surface area (Å²) >= 11 is 0. The third kappa shape index (κ3) is 8.77. The second-order valence-corrected chi connectivity index (χ2v) is 11.5. The minimum Gasteiger partial charge on any atom is -0.495 e. The first-order valence-electron chi connectivity index (χ1n) is 12.7. The highest BCUT2D eigenvalue weighted by molar-refractivity contribution is 7.92. The molecule has 2 amide bonds. The van der Waals surface area contributed by atoms with Crippen LogP contribution >= 0.6 is 0 Å². The lowest BCUT2D eigenvalue weighted by Crippen LogP contribution is -2.49. The number of benzene rings is 2. The number of amides is 2. The van der Waals surface area contributed by atoms with Crippen LogP contribution in [-0.2, 0) is 26.2 Å². The van der Waals surface area contributed by atoms with Crippen LogP contribution in [0.1, 0.15) is 51.2 Å². The van der Waals surface area contributed by atoms with E-state index in [1.165, 1.54) is 11.4 Å². The van der Waals surface area contributed by atoms with Gasteiger partial charge in [-0.05, 0) is 48.9 Å². The highest BCUT2D eigenvalue weighted by Gasteiger charge is 2.29. The first kappa shape index (κ1) is 30.2. The molecule has 0 aliphatic heterocycles. The van der Waals surface area contributed by atoms with Crippen molar-refractivity contribution in [3.63, 3.8) is 0 Å². The van der Waals surface area contributed by atoms with Gasteiger partial charge in [-0.2, -0.15) is 0 Å². The van der Waals surface area contributed by atoms with Crippen LogP contribution in [0.3, 0.4) is 0 Å². The summed E-state index contributed by atoms with van der Waals surface area (Å²) in [7, 11) is -2.12. The number of sulfonamides is 1. The smallest absolute Gasteiger partial charge is 0.242 e. The molecule has 0 saturated heterocycles. The minimum atomic E-state index is -3.61. The number of hydrogen-bond acceptors (Lipinski definition) is 5. The molecule has 0 aromatic heterocycles. The molecule has 9 heteroatoms. The lowest BCUT2D eigenvalue weighted by molar-refractivity contribution is -0.141. The molecule has 0 unspecified atom stereocenters. The number of nitrogens with one attached hydrogen (secondary N) is 1. The predicted octanol–water partition coefficient (Wildman–Crippen LogP) is 4.13. The predicted molar refractivity (Wildman–Crippen MR) is 148 cm³/mol. The van der Waals surface area contributed by atoms with Crippen LogP contribution in [0.2, 0.25) is 0 Å². The second kappa shape index (κ2) is 14.0. The third-order valence-electron chi connectivity index (χ3n) is 6.18. The van der Waals surface area contributed by atoms with E-state index in [-0.39, 0.29) is 31.2 Å². The molecule has 0 heterocycles. The van der Waals surface area contributed by atoms with Crippen LogP contribution in [0.25, 0.3) is 0 Å². The normalized spacial score (nSPS) is 12.2. The summed E-state index contributed by atoms with van der Waals surface area (Å²) in [4.78, 5) is 28.2. The number of hydrogen-bond donors (Lipinski definition) is 1. The fourth-order valence-corrected chi connectivity index (χ4v) is 5.10. The Morgan fingerprint density at radius 3 is 2.30 bits per heavy atom. The molecular formula is C28H41N3O5S. The summed E-state index contributed by atoms with van der Waals surface area (Å²) in [5.41, 5.74) is 2.44. The Hall–Kier alpha value is -3.07. The Kier molecular flexibility index (Phi) is 11.4. The van der Waals surface area contributed by atoms with E-state index in [9.17, 15) is 18.0 Å². The van der Waals surface area contributed by atoms with Crippen molar-refractivity contribution in [3.8, 4) is 5.75 Å². The molecule has 8 nitrogen and oxygen atoms in total. The molecule has 1 N–H and O–H groups in total. The number of nitrogens with zero attached hydrogens (tertiary/aromatic N) is 2. The summed E-state index contributed by atoms with van der Waals surface area (Å²) < 4.78 is 31.8. The maximum Gasteiger partial charge on any atom is 0.242 e. The molecule has 1 atom stereocenters. The van der Waals surface area contributed by atoms with Crippen LogP contribution in [0.4, 0.5) is 5.69 Å². The average molecular weight is 532 g/mol. The molecule has 0 spiro atoms. The highest BCUT2D eigenvalue weighted by Crippen LogP contribution is 2.30. The number of rotatable bonds is 14. The first-order valence-corrected chi connectivity index (χ1v) is 14.6. The molecule has 204 valence electrons. The second-order valence-electron chi connectivity index (χ2n) is 9.62. The molecule has 2 aromatic carbocycles. The van der Waals surface area contributed by atoms with Gasteiger partial charge in [-0.1, -0.05) is 57.2 Å². The van der Waals surface area contributed by atoms with E-state index in [0.717, 1.165) is 17.4 Å². The number of anilines is 1. The van der Waals surface area contributed by atoms with Crippen LogP contribution < -0.4 is 14.4 Å². The molecule has 0 aliphatic carbocycles. The Morgan fingerprint density at radius 2 is 1.70 bits per heavy atom. The van der Waals surface area contributed by atoms with Crippen LogP contribution in [0, 0.1) is 12.8 Å². The van der Waals surface area contributed by atoms with Crippen molar-refractivity contribution in [1.82, 2.24) is 10.2 Å². The van der Waals surface area contributed by atoms with Crippen molar-refractivity contribution in [2.45, 2.75) is 59.5 Å². The van der Waals surface area contributed by atoms with Crippen molar-refractivity contribution in [1.29, 1.82) is 0 Å². The van der Waals surface area contributed by atoms with Crippen molar-refractivity contribution >= 4 is 27.5 Å². The van der Waals surface area contributed by atoms with Crippen molar-refractivity contribution in [2.24, 2.45) is 5.92 Å². The SMILES string of the molecule is CC[C@@H](C(=O)NCC(C)C)N(Cc1ccccc1C)C(=O)CCCN(c1ccccc1OC)S(C)(=O)=O. The standard InChI is InChI=1S/C28H41N3O5S/c1-7-24(28(33)29-19-21(2)3)30(20-23-14-9-8-13-22(23)4)27(32)17-12-18-31(37(6,34)35)25-15-10-11-16-26(25)36-5/h8-11,13-16,21,24H,7,12,17-20H2,1-6H3,(H,29,33)/t24-/m0/s1. The van der Waals surface area contributed by atoms with Gasteiger partial charge in [-0.15, -0.1) is 0 Å². The van der Waals surface area contributed by atoms with Gasteiger partial charge < -0.3 is 15.0 Å². The Labute approximate surface area is 222 Å². The summed E-state index contributed by atoms with van der Waals surface area (Å²) in [6.07, 6.45) is 2.00. The third-order valence-corrected chi connectivity index (χ3v) is 7.36. The Morgan fingerprint density at radius 1 is 1.05 bits per heavy atom. The van der Waals surface area contributed by atoms with Gasteiger partial charge in [-0.3, -0.25) is 13.9 Å². The number of carbonyl (C=O) groups excluding carboxylic acids is 2. The number of aryl methyl sites for hydroxylation is 1. The molecule has 0 radical (unpaired) electrons. The average Bonchev–Trinajstić information content (AvgIpc) is 2.85. The van der Waals surface area contributed by atoms with Gasteiger partial charge in [0.25, 0.3) is 0 Å². The van der Waals surface area contributed by atoms with E-state index in [2.05, 4.69) is 5.32 Å². The van der Waals surface area contributed by atoms with Crippen molar-refractivity contribution in [3.05, 3.63) is 59.7 Å². The van der Waals surface area contributed by atoms with Crippen molar-refractivity contribution < 1.29 is 22.7 Å². The summed E-state index contributed by atoms with van der Waals surface area (Å²) in [6, 6.07) is 14.1. The number of para-hydroxylation sites is 2. The van der Waals surface area contributed by atoms with Gasteiger partial charge in [0.2, 0.25) is 21.8 Å². The fraction of sp³-hybridized carbons (Fsp3) is 0.500. The van der Waals surface area contributed by atoms with Crippen molar-refractivity contribution in [2.75, 3.05) is 30.8 Å². The van der Waals surface area contributed by atoms with E-state index < -0.39 is 16.1 Å². The highest BCUT2D eigenvalue weighted by atomic mass is 32.2. The quantitative estimate of drug-likeness (QED) is 0.396. The lowest BCUT2D eigenvalue weighted by Gasteiger charge is -2.32. The van der Waals surface area contributed by atoms with E-state index in [1.54, 1.807) is 29.2 Å². The first-order chi connectivity index (χ1) is 17.5. The van der Waals surface area contributed by atoms with E-state index in [4.69, 9.17) is 4.74 Å². The zero-order valence-electron chi connectivity index (χ0n) is 22.9. The number of methoxy groups -OCH3 is 1. The zero-order valence-corrected chi connectivity index (χ0v) is 23.7. The summed E-state index contributed by atoms with van der Waals surface area (Å²) in [5, 5.41) is 2.96. The Balaban J connectivity index is 2.25. The maximum atomic E-state index is 13.5. The molecule has 0 fully saturated rings. The van der Waals surface area contributed by atoms with E-state index in [0.29, 0.717) is 36.9 Å². The van der Waals surface area contributed by atoms with Crippen LogP contribution in [-0.4, -0.2) is 57.6 Å². The fourth-order valence-electron chi connectivity index (χ4n) is 4.13. The molecule has 0 aliphatic rings. The topological polar surface area (TPSA) is 96.0 Å². The minimum absolute atomic E-state index is 0.0982. The van der Waals surface area contributed by atoms with Gasteiger partial charge in [0.05, 0.1) is 19.1 Å². The van der Waals surface area contributed by atoms with Gasteiger partial charge in [-0.25, -0.2) is 8.42 Å². The lowest BCUT2D eigenvalue weighted by atomic mass is 10.0. The van der Waals surface area contributed by atoms with Crippen LogP contribution in [0.5, 0.6) is 5.75 Å². The number of ether oxygens (including phenoxy) is 1. The largest absolute Gasteiger partial charge is 0.495 e. The summed E-state index contributed by atoms with van der Waals surface area (Å²) in [6.45, 7) is 8.87. The van der Waals surface area contributed by atoms with Gasteiger partial charge >= 0.3 is 0 Å². The zero-order chi connectivity index (χ0) is 27.6. The van der Waals surface area contributed by atoms with E-state index >= 15 is 0 Å². The molecular weight excluding hydrogens is 490 g/mol.